The molecule has 0 bridgehead atoms. The average Bonchev–Trinajstić information content (AvgIpc) is 3.28. The number of methoxy groups -OCH3 is 1. The molecule has 0 radical (unpaired) electrons. The fourth-order valence-corrected chi connectivity index (χ4v) is 6.19. The summed E-state index contributed by atoms with van der Waals surface area (Å²) in [5.41, 5.74) is 1.57. The second-order valence-electron chi connectivity index (χ2n) is 7.35. The molecule has 0 spiro atoms. The molecule has 0 unspecified atom stereocenters. The lowest BCUT2D eigenvalue weighted by molar-refractivity contribution is -0.139. The third-order valence-electron chi connectivity index (χ3n) is 5.39. The molecule has 0 aromatic carbocycles. The fourth-order valence-electron chi connectivity index (χ4n) is 4.09. The van der Waals surface area contributed by atoms with Crippen LogP contribution in [0.2, 0.25) is 0 Å². The van der Waals surface area contributed by atoms with E-state index in [-0.39, 0.29) is 16.7 Å². The quantitative estimate of drug-likeness (QED) is 0.521. The summed E-state index contributed by atoms with van der Waals surface area (Å²) < 4.78 is 11.1. The molecule has 4 rings (SSSR count). The Balaban J connectivity index is 1.79. The minimum Gasteiger partial charge on any atom is -0.479 e. The third-order valence-corrected chi connectivity index (χ3v) is 7.53. The number of carboxylic acid groups (broad SMARTS) is 2. The first-order valence-electron chi connectivity index (χ1n) is 9.83. The number of ether oxygens (including phenoxy) is 2. The number of fused-ring (bicyclic) bond motifs is 3. The number of carboxylic acids is 2. The van der Waals surface area contributed by atoms with Crippen LogP contribution in [0.3, 0.4) is 0 Å². The Kier molecular flexibility index (Phi) is 6.01. The van der Waals surface area contributed by atoms with Crippen LogP contribution in [0.4, 0.5) is 10.5 Å². The van der Waals surface area contributed by atoms with Gasteiger partial charge in [0.2, 0.25) is 0 Å². The molecule has 2 N–H and O–H groups in total. The van der Waals surface area contributed by atoms with Crippen molar-refractivity contribution in [2.75, 3.05) is 18.6 Å². The summed E-state index contributed by atoms with van der Waals surface area (Å²) in [6.07, 6.45) is 4.74. The highest BCUT2D eigenvalue weighted by Gasteiger charge is 2.30. The molecule has 1 aromatic heterocycles. The molecule has 164 valence electrons. The predicted octanol–water partition coefficient (Wildman–Crippen LogP) is 5.13. The lowest BCUT2D eigenvalue weighted by Gasteiger charge is -2.33. The van der Waals surface area contributed by atoms with Gasteiger partial charge in [-0.3, -0.25) is 4.90 Å². The Labute approximate surface area is 185 Å². The molecule has 2 aliphatic carbocycles. The van der Waals surface area contributed by atoms with E-state index in [1.165, 1.54) is 18.4 Å². The number of nitrogens with zero attached hydrogens (tertiary/aromatic N) is 1. The van der Waals surface area contributed by atoms with E-state index in [4.69, 9.17) is 14.6 Å². The number of hydrogen-bond acceptors (Lipinski definition) is 7. The second-order valence-corrected chi connectivity index (χ2v) is 9.28. The molecule has 1 aromatic rings. The molecule has 1 amide bonds. The van der Waals surface area contributed by atoms with E-state index in [0.717, 1.165) is 59.6 Å². The van der Waals surface area contributed by atoms with Crippen LogP contribution < -0.4 is 9.64 Å². The molecule has 1 aliphatic heterocycles. The minimum absolute atomic E-state index is 0.0252. The number of hydrogen-bond donors (Lipinski definition) is 2. The number of carbonyl (C=O) groups is 3. The largest absolute Gasteiger partial charge is 0.479 e. The highest BCUT2D eigenvalue weighted by Crippen LogP contribution is 2.49. The van der Waals surface area contributed by atoms with E-state index in [1.807, 2.05) is 17.5 Å². The normalized spacial score (nSPS) is 14.6. The number of rotatable bonds is 6. The number of aliphatic carboxylic acids is 1. The van der Waals surface area contributed by atoms with Gasteiger partial charge in [0.15, 0.2) is 17.2 Å². The van der Waals surface area contributed by atoms with E-state index in [1.54, 1.807) is 4.90 Å². The Bertz CT molecular complexity index is 1110. The van der Waals surface area contributed by atoms with Gasteiger partial charge in [0.1, 0.15) is 0 Å². The zero-order valence-corrected chi connectivity index (χ0v) is 18.4. The summed E-state index contributed by atoms with van der Waals surface area (Å²) >= 11 is 2.42. The topological polar surface area (TPSA) is 113 Å². The number of amides is 1. The maximum absolute atomic E-state index is 12.6. The fraction of sp³-hybridized carbons (Fsp3) is 0.381. The SMILES string of the molecule is COC(=O)N(c1csc2c3c(OCC(=O)O)c(C(=O)O)sc3cc-2c1)C1CCCCC1. The minimum atomic E-state index is -1.18. The van der Waals surface area contributed by atoms with Gasteiger partial charge in [-0.05, 0) is 30.5 Å². The van der Waals surface area contributed by atoms with Crippen LogP contribution in [0.5, 0.6) is 5.75 Å². The molecule has 1 saturated carbocycles. The summed E-state index contributed by atoms with van der Waals surface area (Å²) in [7, 11) is 1.37. The van der Waals surface area contributed by atoms with Gasteiger partial charge >= 0.3 is 18.0 Å². The van der Waals surface area contributed by atoms with Crippen molar-refractivity contribution in [2.24, 2.45) is 0 Å². The third kappa shape index (κ3) is 4.05. The van der Waals surface area contributed by atoms with Gasteiger partial charge < -0.3 is 19.7 Å². The van der Waals surface area contributed by atoms with Crippen LogP contribution in [0, 0.1) is 0 Å². The number of aromatic carboxylic acids is 1. The van der Waals surface area contributed by atoms with Gasteiger partial charge in [-0.25, -0.2) is 14.4 Å². The van der Waals surface area contributed by atoms with Gasteiger partial charge in [0.05, 0.1) is 18.2 Å². The van der Waals surface area contributed by atoms with Gasteiger partial charge in [-0.2, -0.15) is 0 Å². The molecule has 1 fully saturated rings. The number of anilines is 1. The lowest BCUT2D eigenvalue weighted by Crippen LogP contribution is -2.41. The zero-order valence-electron chi connectivity index (χ0n) is 16.8. The van der Waals surface area contributed by atoms with E-state index in [2.05, 4.69) is 0 Å². The second kappa shape index (κ2) is 8.72. The maximum Gasteiger partial charge on any atom is 0.414 e. The van der Waals surface area contributed by atoms with Crippen molar-refractivity contribution in [1.82, 2.24) is 0 Å². The molecule has 0 atom stereocenters. The van der Waals surface area contributed by atoms with Gasteiger partial charge in [0, 0.05) is 21.0 Å². The van der Waals surface area contributed by atoms with Crippen LogP contribution in [0.15, 0.2) is 17.5 Å². The summed E-state index contributed by atoms with van der Waals surface area (Å²) in [5.74, 6) is -2.27. The van der Waals surface area contributed by atoms with Crippen molar-refractivity contribution in [3.8, 4) is 16.2 Å². The van der Waals surface area contributed by atoms with Crippen LogP contribution in [0.1, 0.15) is 41.8 Å². The Morgan fingerprint density at radius 2 is 1.90 bits per heavy atom. The Morgan fingerprint density at radius 3 is 2.55 bits per heavy atom. The van der Waals surface area contributed by atoms with Crippen LogP contribution in [0.25, 0.3) is 20.5 Å². The Morgan fingerprint density at radius 1 is 1.16 bits per heavy atom. The molecule has 2 heterocycles. The van der Waals surface area contributed by atoms with Crippen molar-refractivity contribution in [2.45, 2.75) is 38.1 Å². The monoisotopic (exact) mass is 463 g/mol. The van der Waals surface area contributed by atoms with Gasteiger partial charge in [-0.15, -0.1) is 22.7 Å². The smallest absolute Gasteiger partial charge is 0.414 e. The first-order valence-corrected chi connectivity index (χ1v) is 11.5. The van der Waals surface area contributed by atoms with E-state index in [9.17, 15) is 19.5 Å². The summed E-state index contributed by atoms with van der Waals surface area (Å²) in [5, 5.41) is 20.9. The van der Waals surface area contributed by atoms with Crippen molar-refractivity contribution in [3.63, 3.8) is 0 Å². The van der Waals surface area contributed by atoms with E-state index in [0.29, 0.717) is 10.1 Å². The average molecular weight is 464 g/mol. The molecular weight excluding hydrogens is 442 g/mol. The first-order chi connectivity index (χ1) is 14.9. The van der Waals surface area contributed by atoms with Crippen molar-refractivity contribution < 1.29 is 34.1 Å². The standard InChI is InChI=1S/C21H21NO7S2/c1-28-21(27)22(12-5-3-2-4-6-12)13-7-11-8-14-16(18(11)30-10-13)17(29-9-15(23)24)19(31-14)20(25)26/h7-8,10,12H,2-6,9H2,1H3,(H,23,24)(H,25,26). The zero-order chi connectivity index (χ0) is 22.1. The summed E-state index contributed by atoms with van der Waals surface area (Å²) in [4.78, 5) is 37.6. The molecule has 0 saturated heterocycles. The number of carbonyl (C=O) groups excluding carboxylic acids is 1. The predicted molar refractivity (Wildman–Crippen MR) is 118 cm³/mol. The van der Waals surface area contributed by atoms with E-state index >= 15 is 0 Å². The number of thiophene rings is 1. The molecule has 3 aliphatic rings. The van der Waals surface area contributed by atoms with Crippen molar-refractivity contribution in [3.05, 3.63) is 22.4 Å². The molecular formula is C21H21NO7S2. The molecule has 10 heteroatoms. The highest BCUT2D eigenvalue weighted by molar-refractivity contribution is 7.22. The van der Waals surface area contributed by atoms with Crippen LogP contribution >= 0.6 is 22.7 Å². The summed E-state index contributed by atoms with van der Waals surface area (Å²) in [6, 6.07) is 3.83. The molecule has 8 nitrogen and oxygen atoms in total. The first kappa shape index (κ1) is 21.4. The van der Waals surface area contributed by atoms with Crippen molar-refractivity contribution >= 4 is 56.5 Å². The van der Waals surface area contributed by atoms with E-state index < -0.39 is 24.6 Å². The highest BCUT2D eigenvalue weighted by atomic mass is 32.1. The van der Waals surface area contributed by atoms with Gasteiger partial charge in [-0.1, -0.05) is 19.3 Å². The lowest BCUT2D eigenvalue weighted by atomic mass is 9.94. The van der Waals surface area contributed by atoms with Crippen LogP contribution in [-0.2, 0) is 9.53 Å². The van der Waals surface area contributed by atoms with Crippen molar-refractivity contribution in [1.29, 1.82) is 0 Å². The van der Waals surface area contributed by atoms with Gasteiger partial charge in [0.25, 0.3) is 0 Å². The maximum atomic E-state index is 12.6. The summed E-state index contributed by atoms with van der Waals surface area (Å²) in [6.45, 7) is -0.626. The Hall–Kier alpha value is -2.85. The molecule has 31 heavy (non-hydrogen) atoms. The van der Waals surface area contributed by atoms with Crippen LogP contribution in [-0.4, -0.2) is 48.0 Å².